The van der Waals surface area contributed by atoms with Crippen LogP contribution in [0.4, 0.5) is 5.69 Å². The molecule has 0 amide bonds. The number of carbonyl (C=O) groups is 1. The lowest BCUT2D eigenvalue weighted by Gasteiger charge is -2.18. The molecule has 4 N–H and O–H groups in total. The number of benzene rings is 1. The molecule has 21 heavy (non-hydrogen) atoms. The first kappa shape index (κ1) is 15.0. The average molecular weight is 310 g/mol. The average Bonchev–Trinajstić information content (AvgIpc) is 2.91. The third-order valence-corrected chi connectivity index (χ3v) is 4.73. The lowest BCUT2D eigenvalue weighted by molar-refractivity contribution is 0.0692. The van der Waals surface area contributed by atoms with Crippen LogP contribution in [-0.2, 0) is 16.6 Å². The molecule has 0 radical (unpaired) electrons. The van der Waals surface area contributed by atoms with E-state index in [-0.39, 0.29) is 22.7 Å². The molecule has 0 aliphatic carbocycles. The molecule has 0 saturated heterocycles. The van der Waals surface area contributed by atoms with Gasteiger partial charge in [-0.1, -0.05) is 0 Å². The van der Waals surface area contributed by atoms with Crippen LogP contribution in [0.15, 0.2) is 35.5 Å². The number of H-pyrrole nitrogens is 1. The Morgan fingerprint density at radius 1 is 1.48 bits per heavy atom. The van der Waals surface area contributed by atoms with E-state index in [1.807, 2.05) is 0 Å². The maximum atomic E-state index is 12.5. The van der Waals surface area contributed by atoms with Gasteiger partial charge < -0.3 is 10.8 Å². The fourth-order valence-electron chi connectivity index (χ4n) is 1.80. The summed E-state index contributed by atoms with van der Waals surface area (Å²) in [6.07, 6.45) is 3.05. The SMILES string of the molecule is CN(Cc1cn[nH]c1)S(=O)(=O)c1cc(N)ccc1C(=O)O. The van der Waals surface area contributed by atoms with Crippen LogP contribution >= 0.6 is 0 Å². The second kappa shape index (κ2) is 5.54. The summed E-state index contributed by atoms with van der Waals surface area (Å²) in [5.74, 6) is -1.33. The fraction of sp³-hybridized carbons (Fsp3) is 0.167. The molecule has 2 aromatic rings. The monoisotopic (exact) mass is 310 g/mol. The van der Waals surface area contributed by atoms with Crippen LogP contribution in [0.3, 0.4) is 0 Å². The van der Waals surface area contributed by atoms with Crippen molar-refractivity contribution < 1.29 is 18.3 Å². The number of nitrogen functional groups attached to an aromatic ring is 1. The Labute approximate surface area is 121 Å². The van der Waals surface area contributed by atoms with Gasteiger partial charge in [0.1, 0.15) is 0 Å². The molecule has 1 aromatic heterocycles. The Bertz CT molecular complexity index is 756. The molecule has 8 nitrogen and oxygen atoms in total. The minimum atomic E-state index is -3.98. The Kier molecular flexibility index (Phi) is 3.96. The number of aromatic nitrogens is 2. The largest absolute Gasteiger partial charge is 0.478 e. The number of nitrogens with two attached hydrogens (primary N) is 1. The van der Waals surface area contributed by atoms with Crippen molar-refractivity contribution in [3.8, 4) is 0 Å². The molecule has 0 aliphatic heterocycles. The maximum absolute atomic E-state index is 12.5. The second-order valence-corrected chi connectivity index (χ2v) is 6.44. The van der Waals surface area contributed by atoms with Gasteiger partial charge in [-0.05, 0) is 18.2 Å². The first-order valence-electron chi connectivity index (χ1n) is 5.89. The number of hydrogen-bond donors (Lipinski definition) is 3. The predicted molar refractivity (Wildman–Crippen MR) is 75.1 cm³/mol. The molecule has 0 atom stereocenters. The Morgan fingerprint density at radius 2 is 2.19 bits per heavy atom. The van der Waals surface area contributed by atoms with Crippen LogP contribution in [0.1, 0.15) is 15.9 Å². The number of hydrogen-bond acceptors (Lipinski definition) is 5. The third-order valence-electron chi connectivity index (χ3n) is 2.88. The van der Waals surface area contributed by atoms with Gasteiger partial charge in [0.25, 0.3) is 0 Å². The minimum Gasteiger partial charge on any atom is -0.478 e. The van der Waals surface area contributed by atoms with Gasteiger partial charge in [0.05, 0.1) is 16.7 Å². The summed E-state index contributed by atoms with van der Waals surface area (Å²) in [7, 11) is -2.62. The zero-order valence-electron chi connectivity index (χ0n) is 11.1. The van der Waals surface area contributed by atoms with Gasteiger partial charge in [0.2, 0.25) is 10.0 Å². The molecule has 0 bridgehead atoms. The number of carboxylic acids is 1. The molecule has 2 rings (SSSR count). The first-order valence-corrected chi connectivity index (χ1v) is 7.33. The summed E-state index contributed by atoms with van der Waals surface area (Å²) in [6, 6.07) is 3.67. The summed E-state index contributed by atoms with van der Waals surface area (Å²) >= 11 is 0. The zero-order valence-corrected chi connectivity index (χ0v) is 12.0. The van der Waals surface area contributed by atoms with Crippen molar-refractivity contribution in [3.05, 3.63) is 41.7 Å². The number of sulfonamides is 1. The van der Waals surface area contributed by atoms with E-state index in [9.17, 15) is 13.2 Å². The van der Waals surface area contributed by atoms with Crippen LogP contribution < -0.4 is 5.73 Å². The van der Waals surface area contributed by atoms with Crippen molar-refractivity contribution in [2.24, 2.45) is 0 Å². The van der Waals surface area contributed by atoms with Gasteiger partial charge in [-0.2, -0.15) is 9.40 Å². The third kappa shape index (κ3) is 3.03. The van der Waals surface area contributed by atoms with E-state index >= 15 is 0 Å². The zero-order chi connectivity index (χ0) is 15.6. The lowest BCUT2D eigenvalue weighted by atomic mass is 10.2. The molecule has 0 spiro atoms. The number of aromatic carboxylic acids is 1. The first-order chi connectivity index (χ1) is 9.82. The topological polar surface area (TPSA) is 129 Å². The molecule has 1 heterocycles. The van der Waals surface area contributed by atoms with Gasteiger partial charge in [-0.15, -0.1) is 0 Å². The van der Waals surface area contributed by atoms with Gasteiger partial charge in [0, 0.05) is 31.0 Å². The van der Waals surface area contributed by atoms with Crippen LogP contribution in [0.2, 0.25) is 0 Å². The van der Waals surface area contributed by atoms with E-state index in [2.05, 4.69) is 10.2 Å². The van der Waals surface area contributed by atoms with Crippen LogP contribution in [0.5, 0.6) is 0 Å². The van der Waals surface area contributed by atoms with Gasteiger partial charge in [-0.25, -0.2) is 13.2 Å². The van der Waals surface area contributed by atoms with Crippen LogP contribution in [-0.4, -0.2) is 41.0 Å². The second-order valence-electron chi connectivity index (χ2n) is 4.43. The van der Waals surface area contributed by atoms with Crippen LogP contribution in [0, 0.1) is 0 Å². The van der Waals surface area contributed by atoms with Crippen molar-refractivity contribution in [2.45, 2.75) is 11.4 Å². The summed E-state index contributed by atoms with van der Waals surface area (Å²) in [5, 5.41) is 15.4. The fourth-order valence-corrected chi connectivity index (χ4v) is 3.18. The number of carboxylic acid groups (broad SMARTS) is 1. The summed E-state index contributed by atoms with van der Waals surface area (Å²) in [5.41, 5.74) is 6.08. The van der Waals surface area contributed by atoms with Gasteiger partial charge in [-0.3, -0.25) is 5.10 Å². The van der Waals surface area contributed by atoms with E-state index in [1.165, 1.54) is 25.4 Å². The summed E-state index contributed by atoms with van der Waals surface area (Å²) < 4.78 is 26.1. The highest BCUT2D eigenvalue weighted by molar-refractivity contribution is 7.89. The number of nitrogens with one attached hydrogen (secondary N) is 1. The minimum absolute atomic E-state index is 0.0622. The molecular weight excluding hydrogens is 296 g/mol. The molecule has 112 valence electrons. The number of nitrogens with zero attached hydrogens (tertiary/aromatic N) is 2. The standard InChI is InChI=1S/C12H14N4O4S/c1-16(7-8-5-14-15-6-8)21(19,20)11-4-9(13)2-3-10(11)12(17)18/h2-6H,7,13H2,1H3,(H,14,15)(H,17,18). The van der Waals surface area contributed by atoms with Crippen molar-refractivity contribution in [1.29, 1.82) is 0 Å². The van der Waals surface area contributed by atoms with Gasteiger partial charge in [0.15, 0.2) is 0 Å². The molecular formula is C12H14N4O4S. The lowest BCUT2D eigenvalue weighted by Crippen LogP contribution is -2.28. The van der Waals surface area contributed by atoms with Crippen molar-refractivity contribution in [1.82, 2.24) is 14.5 Å². The van der Waals surface area contributed by atoms with Crippen molar-refractivity contribution >= 4 is 21.7 Å². The Balaban J connectivity index is 2.43. The molecule has 0 unspecified atom stereocenters. The number of aromatic amines is 1. The summed E-state index contributed by atoms with van der Waals surface area (Å²) in [6.45, 7) is 0.0622. The molecule has 0 aliphatic rings. The van der Waals surface area contributed by atoms with Crippen molar-refractivity contribution in [2.75, 3.05) is 12.8 Å². The number of anilines is 1. The highest BCUT2D eigenvalue weighted by Crippen LogP contribution is 2.23. The number of rotatable bonds is 5. The maximum Gasteiger partial charge on any atom is 0.337 e. The molecule has 1 aromatic carbocycles. The smallest absolute Gasteiger partial charge is 0.337 e. The van der Waals surface area contributed by atoms with Gasteiger partial charge >= 0.3 is 5.97 Å². The van der Waals surface area contributed by atoms with Crippen molar-refractivity contribution in [3.63, 3.8) is 0 Å². The summed E-state index contributed by atoms with van der Waals surface area (Å²) in [4.78, 5) is 10.8. The van der Waals surface area contributed by atoms with E-state index < -0.39 is 16.0 Å². The highest BCUT2D eigenvalue weighted by Gasteiger charge is 2.27. The highest BCUT2D eigenvalue weighted by atomic mass is 32.2. The van der Waals surface area contributed by atoms with E-state index in [4.69, 9.17) is 10.8 Å². The van der Waals surface area contributed by atoms with E-state index in [0.29, 0.717) is 5.56 Å². The Hall–Kier alpha value is -2.39. The quantitative estimate of drug-likeness (QED) is 0.690. The Morgan fingerprint density at radius 3 is 2.76 bits per heavy atom. The normalized spacial score (nSPS) is 11.7. The molecule has 0 saturated carbocycles. The van der Waals surface area contributed by atoms with E-state index in [1.54, 1.807) is 6.20 Å². The van der Waals surface area contributed by atoms with E-state index in [0.717, 1.165) is 10.4 Å². The molecule has 0 fully saturated rings. The van der Waals surface area contributed by atoms with Crippen LogP contribution in [0.25, 0.3) is 0 Å². The predicted octanol–water partition coefficient (Wildman–Crippen LogP) is 0.511. The molecule has 9 heteroatoms.